The number of hydrogen-bond acceptors (Lipinski definition) is 4. The number of thiophene rings is 1. The Morgan fingerprint density at radius 2 is 2.08 bits per heavy atom. The quantitative estimate of drug-likeness (QED) is 0.330. The Balaban J connectivity index is 0.00000338. The van der Waals surface area contributed by atoms with Crippen LogP contribution in [0.15, 0.2) is 22.5 Å². The zero-order valence-electron chi connectivity index (χ0n) is 16.7. The van der Waals surface area contributed by atoms with Gasteiger partial charge in [-0.1, -0.05) is 6.92 Å². The van der Waals surface area contributed by atoms with E-state index >= 15 is 0 Å². The van der Waals surface area contributed by atoms with Crippen LogP contribution in [0.3, 0.4) is 0 Å². The molecule has 7 heteroatoms. The number of hydrogen-bond donors (Lipinski definition) is 2. The largest absolute Gasteiger partial charge is 0.363 e. The Labute approximate surface area is 180 Å². The van der Waals surface area contributed by atoms with Crippen LogP contribution in [-0.4, -0.2) is 62.2 Å². The van der Waals surface area contributed by atoms with Crippen LogP contribution >= 0.6 is 35.3 Å². The number of guanidine groups is 1. The molecule has 2 N–H and O–H groups in total. The van der Waals surface area contributed by atoms with Gasteiger partial charge in [-0.2, -0.15) is 0 Å². The monoisotopic (exact) mass is 493 g/mol. The molecule has 0 unspecified atom stereocenters. The standard InChI is InChI=1S/C19H35N5S.HI/c1-5-20-19(21-11-14-23(6-2)16(3)4)22-17-9-12-24(13-10-17)18-8-7-15-25-18;/h7-8,15-17H,5-6,9-14H2,1-4H3,(H2,20,21,22);1H. The molecule has 0 amide bonds. The van der Waals surface area contributed by atoms with Gasteiger partial charge in [-0.25, -0.2) is 0 Å². The first-order valence-electron chi connectivity index (χ1n) is 9.71. The third-order valence-corrected chi connectivity index (χ3v) is 5.72. The van der Waals surface area contributed by atoms with Crippen molar-refractivity contribution in [1.82, 2.24) is 15.5 Å². The second kappa shape index (κ2) is 12.8. The van der Waals surface area contributed by atoms with Gasteiger partial charge >= 0.3 is 0 Å². The van der Waals surface area contributed by atoms with E-state index in [-0.39, 0.29) is 24.0 Å². The molecule has 0 aliphatic carbocycles. The van der Waals surface area contributed by atoms with E-state index in [1.807, 2.05) is 11.3 Å². The second-order valence-electron chi connectivity index (χ2n) is 6.84. The van der Waals surface area contributed by atoms with Crippen LogP contribution < -0.4 is 15.5 Å². The van der Waals surface area contributed by atoms with Crippen molar-refractivity contribution in [2.45, 2.75) is 52.6 Å². The van der Waals surface area contributed by atoms with Crippen molar-refractivity contribution >= 4 is 46.3 Å². The fourth-order valence-corrected chi connectivity index (χ4v) is 4.06. The third-order valence-electron chi connectivity index (χ3n) is 4.79. The van der Waals surface area contributed by atoms with Crippen molar-refractivity contribution in [2.24, 2.45) is 4.99 Å². The Morgan fingerprint density at radius 1 is 1.35 bits per heavy atom. The van der Waals surface area contributed by atoms with Crippen molar-refractivity contribution in [2.75, 3.05) is 44.2 Å². The fraction of sp³-hybridized carbons (Fsp3) is 0.737. The van der Waals surface area contributed by atoms with Crippen molar-refractivity contribution < 1.29 is 0 Å². The Kier molecular flexibility index (Phi) is 11.5. The SMILES string of the molecule is CCNC(=NCCN(CC)C(C)C)NC1CCN(c2cccs2)CC1.I. The molecule has 2 rings (SSSR count). The summed E-state index contributed by atoms with van der Waals surface area (Å²) in [5.74, 6) is 0.969. The Bertz CT molecular complexity index is 498. The van der Waals surface area contributed by atoms with Crippen molar-refractivity contribution in [3.05, 3.63) is 17.5 Å². The average molecular weight is 494 g/mol. The van der Waals surface area contributed by atoms with E-state index in [1.165, 1.54) is 5.00 Å². The van der Waals surface area contributed by atoms with Crippen molar-refractivity contribution in [3.63, 3.8) is 0 Å². The summed E-state index contributed by atoms with van der Waals surface area (Å²) in [6, 6.07) is 5.45. The lowest BCUT2D eigenvalue weighted by molar-refractivity contribution is 0.240. The zero-order valence-corrected chi connectivity index (χ0v) is 19.8. The maximum absolute atomic E-state index is 4.79. The highest BCUT2D eigenvalue weighted by Gasteiger charge is 2.20. The summed E-state index contributed by atoms with van der Waals surface area (Å²) < 4.78 is 0. The third kappa shape index (κ3) is 7.60. The van der Waals surface area contributed by atoms with E-state index in [1.54, 1.807) is 0 Å². The summed E-state index contributed by atoms with van der Waals surface area (Å²) in [5, 5.41) is 10.6. The first-order chi connectivity index (χ1) is 12.1. The molecule has 0 bridgehead atoms. The lowest BCUT2D eigenvalue weighted by Crippen LogP contribution is -2.49. The van der Waals surface area contributed by atoms with E-state index in [0.29, 0.717) is 12.1 Å². The van der Waals surface area contributed by atoms with Crippen LogP contribution in [-0.2, 0) is 0 Å². The molecule has 26 heavy (non-hydrogen) atoms. The molecule has 0 saturated carbocycles. The summed E-state index contributed by atoms with van der Waals surface area (Å²) in [4.78, 5) is 9.73. The molecule has 150 valence electrons. The van der Waals surface area contributed by atoms with Gasteiger partial charge in [-0.05, 0) is 57.7 Å². The first kappa shape index (κ1) is 23.5. The van der Waals surface area contributed by atoms with E-state index in [2.05, 4.69) is 65.6 Å². The number of halogens is 1. The molecule has 5 nitrogen and oxygen atoms in total. The summed E-state index contributed by atoms with van der Waals surface area (Å²) in [6.45, 7) is 14.9. The molecule has 0 aromatic carbocycles. The van der Waals surface area contributed by atoms with Crippen LogP contribution in [0.1, 0.15) is 40.5 Å². The van der Waals surface area contributed by atoms with Crippen LogP contribution in [0.5, 0.6) is 0 Å². The fourth-order valence-electron chi connectivity index (χ4n) is 3.28. The lowest BCUT2D eigenvalue weighted by Gasteiger charge is -2.33. The van der Waals surface area contributed by atoms with Gasteiger partial charge in [-0.15, -0.1) is 35.3 Å². The maximum atomic E-state index is 4.79. The van der Waals surface area contributed by atoms with Crippen LogP contribution in [0, 0.1) is 0 Å². The number of nitrogens with zero attached hydrogens (tertiary/aromatic N) is 3. The smallest absolute Gasteiger partial charge is 0.191 e. The van der Waals surface area contributed by atoms with Crippen LogP contribution in [0.25, 0.3) is 0 Å². The number of aliphatic imine (C=N–C) groups is 1. The topological polar surface area (TPSA) is 42.9 Å². The summed E-state index contributed by atoms with van der Waals surface area (Å²) in [7, 11) is 0. The number of nitrogens with one attached hydrogen (secondary N) is 2. The van der Waals surface area contributed by atoms with E-state index in [9.17, 15) is 0 Å². The summed E-state index contributed by atoms with van der Waals surface area (Å²) in [6.07, 6.45) is 2.32. The molecule has 1 aromatic rings. The van der Waals surface area contributed by atoms with Crippen molar-refractivity contribution in [3.8, 4) is 0 Å². The second-order valence-corrected chi connectivity index (χ2v) is 7.77. The van der Waals surface area contributed by atoms with Gasteiger partial charge < -0.3 is 15.5 Å². The maximum Gasteiger partial charge on any atom is 0.191 e. The van der Waals surface area contributed by atoms with E-state index in [0.717, 1.165) is 58.1 Å². The van der Waals surface area contributed by atoms with Gasteiger partial charge in [-0.3, -0.25) is 9.89 Å². The molecule has 1 aliphatic heterocycles. The summed E-state index contributed by atoms with van der Waals surface area (Å²) in [5.41, 5.74) is 0. The first-order valence-corrected chi connectivity index (χ1v) is 10.6. The molecule has 0 radical (unpaired) electrons. The van der Waals surface area contributed by atoms with E-state index < -0.39 is 0 Å². The van der Waals surface area contributed by atoms with Crippen molar-refractivity contribution in [1.29, 1.82) is 0 Å². The minimum atomic E-state index is 0. The van der Waals surface area contributed by atoms with Gasteiger partial charge in [0.25, 0.3) is 0 Å². The van der Waals surface area contributed by atoms with Gasteiger partial charge in [0.1, 0.15) is 0 Å². The molecule has 1 fully saturated rings. The number of anilines is 1. The molecular weight excluding hydrogens is 457 g/mol. The minimum absolute atomic E-state index is 0. The number of piperidine rings is 1. The molecular formula is C19H36IN5S. The Morgan fingerprint density at radius 3 is 2.62 bits per heavy atom. The highest BCUT2D eigenvalue weighted by atomic mass is 127. The Hall–Kier alpha value is -0.540. The molecule has 1 saturated heterocycles. The normalized spacial score (nSPS) is 16.1. The molecule has 1 aromatic heterocycles. The van der Waals surface area contributed by atoms with Gasteiger partial charge in [0.05, 0.1) is 11.5 Å². The van der Waals surface area contributed by atoms with Gasteiger partial charge in [0.15, 0.2) is 5.96 Å². The van der Waals surface area contributed by atoms with Gasteiger partial charge in [0.2, 0.25) is 0 Å². The van der Waals surface area contributed by atoms with Crippen LogP contribution in [0.2, 0.25) is 0 Å². The summed E-state index contributed by atoms with van der Waals surface area (Å²) >= 11 is 1.84. The number of rotatable bonds is 8. The molecule has 0 spiro atoms. The predicted molar refractivity (Wildman–Crippen MR) is 126 cm³/mol. The van der Waals surface area contributed by atoms with Gasteiger partial charge in [0, 0.05) is 38.3 Å². The van der Waals surface area contributed by atoms with E-state index in [4.69, 9.17) is 4.99 Å². The molecule has 0 atom stereocenters. The van der Waals surface area contributed by atoms with Crippen LogP contribution in [0.4, 0.5) is 5.00 Å². The number of likely N-dealkylation sites (N-methyl/N-ethyl adjacent to an activating group) is 1. The zero-order chi connectivity index (χ0) is 18.1. The average Bonchev–Trinajstić information content (AvgIpc) is 3.13. The highest BCUT2D eigenvalue weighted by Crippen LogP contribution is 2.24. The highest BCUT2D eigenvalue weighted by molar-refractivity contribution is 14.0. The minimum Gasteiger partial charge on any atom is -0.363 e. The lowest BCUT2D eigenvalue weighted by atomic mass is 10.1. The molecule has 2 heterocycles. The predicted octanol–water partition coefficient (Wildman–Crippen LogP) is 3.62. The molecule has 1 aliphatic rings.